The van der Waals surface area contributed by atoms with E-state index in [0.29, 0.717) is 0 Å². The standard InChI is InChI=1S/C22H25N3O8/c1-14(26)19(24-22(29)33-13-15-8-4-3-5-9-15)20(27)23-17(21(28)32-2)12-16-10-6-7-11-18(16)25(30)31/h3-11,14,17,19,26H,12-13H2,1-2H3,(H,23,27)(H,24,29)/t14-,17-,19+/m1/s1. The maximum Gasteiger partial charge on any atom is 0.408 e. The minimum Gasteiger partial charge on any atom is -0.467 e. The third-order valence-corrected chi connectivity index (χ3v) is 4.67. The first kappa shape index (κ1) is 25.3. The van der Waals surface area contributed by atoms with E-state index in [1.807, 2.05) is 0 Å². The molecule has 176 valence electrons. The number of carbonyl (C=O) groups excluding carboxylic acids is 3. The fraction of sp³-hybridized carbons (Fsp3) is 0.318. The number of rotatable bonds is 10. The van der Waals surface area contributed by atoms with Gasteiger partial charge in [0.05, 0.1) is 18.1 Å². The Hall–Kier alpha value is -3.99. The zero-order valence-corrected chi connectivity index (χ0v) is 18.1. The molecule has 0 radical (unpaired) electrons. The number of methoxy groups -OCH3 is 1. The van der Waals surface area contributed by atoms with Crippen molar-refractivity contribution in [1.82, 2.24) is 10.6 Å². The van der Waals surface area contributed by atoms with Crippen molar-refractivity contribution < 1.29 is 33.9 Å². The van der Waals surface area contributed by atoms with Gasteiger partial charge in [0.2, 0.25) is 5.91 Å². The van der Waals surface area contributed by atoms with E-state index < -0.39 is 41.1 Å². The highest BCUT2D eigenvalue weighted by atomic mass is 16.6. The normalized spacial score (nSPS) is 13.2. The van der Waals surface area contributed by atoms with Gasteiger partial charge < -0.3 is 25.2 Å². The summed E-state index contributed by atoms with van der Waals surface area (Å²) in [6.07, 6.45) is -2.52. The predicted octanol–water partition coefficient (Wildman–Crippen LogP) is 1.47. The molecule has 2 aromatic carbocycles. The summed E-state index contributed by atoms with van der Waals surface area (Å²) in [5, 5.41) is 25.9. The van der Waals surface area contributed by atoms with Crippen molar-refractivity contribution in [2.75, 3.05) is 7.11 Å². The third kappa shape index (κ3) is 7.58. The molecule has 0 aliphatic heterocycles. The predicted molar refractivity (Wildman–Crippen MR) is 116 cm³/mol. The zero-order chi connectivity index (χ0) is 24.4. The van der Waals surface area contributed by atoms with Gasteiger partial charge in [0, 0.05) is 18.1 Å². The molecule has 2 aromatic rings. The quantitative estimate of drug-likeness (QED) is 0.274. The van der Waals surface area contributed by atoms with Crippen LogP contribution in [-0.2, 0) is 32.1 Å². The van der Waals surface area contributed by atoms with Crippen molar-refractivity contribution in [2.45, 2.75) is 38.1 Å². The van der Waals surface area contributed by atoms with E-state index in [0.717, 1.165) is 12.7 Å². The van der Waals surface area contributed by atoms with Crippen molar-refractivity contribution in [2.24, 2.45) is 0 Å². The number of carbonyl (C=O) groups is 3. The zero-order valence-electron chi connectivity index (χ0n) is 18.1. The molecule has 11 heteroatoms. The van der Waals surface area contributed by atoms with Gasteiger partial charge in [-0.05, 0) is 12.5 Å². The highest BCUT2D eigenvalue weighted by Gasteiger charge is 2.32. The van der Waals surface area contributed by atoms with Crippen LogP contribution < -0.4 is 10.6 Å². The molecule has 0 heterocycles. The molecule has 2 amide bonds. The molecule has 11 nitrogen and oxygen atoms in total. The molecule has 3 atom stereocenters. The second-order valence-electron chi connectivity index (χ2n) is 7.10. The number of hydrogen-bond donors (Lipinski definition) is 3. The molecule has 2 rings (SSSR count). The van der Waals surface area contributed by atoms with Gasteiger partial charge in [0.1, 0.15) is 18.7 Å². The van der Waals surface area contributed by atoms with Crippen molar-refractivity contribution >= 4 is 23.7 Å². The Bertz CT molecular complexity index is 981. The smallest absolute Gasteiger partial charge is 0.408 e. The Balaban J connectivity index is 2.09. The lowest BCUT2D eigenvalue weighted by molar-refractivity contribution is -0.385. The van der Waals surface area contributed by atoms with Crippen molar-refractivity contribution in [1.29, 1.82) is 0 Å². The molecule has 0 bridgehead atoms. The van der Waals surface area contributed by atoms with Gasteiger partial charge >= 0.3 is 12.1 Å². The lowest BCUT2D eigenvalue weighted by atomic mass is 10.0. The first-order valence-electron chi connectivity index (χ1n) is 9.98. The van der Waals surface area contributed by atoms with Gasteiger partial charge in [-0.1, -0.05) is 48.5 Å². The van der Waals surface area contributed by atoms with Crippen LogP contribution in [0.4, 0.5) is 10.5 Å². The van der Waals surface area contributed by atoms with Gasteiger partial charge in [0.15, 0.2) is 0 Å². The third-order valence-electron chi connectivity index (χ3n) is 4.67. The molecule has 0 unspecified atom stereocenters. The molecule has 0 spiro atoms. The van der Waals surface area contributed by atoms with Crippen LogP contribution in [0.2, 0.25) is 0 Å². The Morgan fingerprint density at radius 1 is 1.06 bits per heavy atom. The van der Waals surface area contributed by atoms with E-state index in [-0.39, 0.29) is 24.3 Å². The first-order valence-corrected chi connectivity index (χ1v) is 9.98. The number of nitro benzene ring substituents is 1. The average molecular weight is 459 g/mol. The van der Waals surface area contributed by atoms with Crippen LogP contribution >= 0.6 is 0 Å². The SMILES string of the molecule is COC(=O)[C@@H](Cc1ccccc1[N+](=O)[O-])NC(=O)[C@@H](NC(=O)OCc1ccccc1)[C@@H](C)O. The monoisotopic (exact) mass is 459 g/mol. The molecule has 0 aliphatic carbocycles. The van der Waals surface area contributed by atoms with Crippen molar-refractivity contribution in [3.63, 3.8) is 0 Å². The molecule has 3 N–H and O–H groups in total. The van der Waals surface area contributed by atoms with E-state index in [9.17, 15) is 29.6 Å². The van der Waals surface area contributed by atoms with Gasteiger partial charge in [0.25, 0.3) is 5.69 Å². The van der Waals surface area contributed by atoms with Gasteiger partial charge in [-0.15, -0.1) is 0 Å². The number of esters is 1. The molecular formula is C22H25N3O8. The number of aliphatic hydroxyl groups is 1. The number of amides is 2. The van der Waals surface area contributed by atoms with Crippen LogP contribution in [0.3, 0.4) is 0 Å². The fourth-order valence-corrected chi connectivity index (χ4v) is 2.98. The lowest BCUT2D eigenvalue weighted by Gasteiger charge is -2.23. The number of benzene rings is 2. The highest BCUT2D eigenvalue weighted by molar-refractivity contribution is 5.90. The number of para-hydroxylation sites is 1. The summed E-state index contributed by atoms with van der Waals surface area (Å²) >= 11 is 0. The summed E-state index contributed by atoms with van der Waals surface area (Å²) in [6, 6.07) is 11.8. The fourth-order valence-electron chi connectivity index (χ4n) is 2.98. The topological polar surface area (TPSA) is 157 Å². The Morgan fingerprint density at radius 2 is 1.70 bits per heavy atom. The van der Waals surface area contributed by atoms with E-state index >= 15 is 0 Å². The van der Waals surface area contributed by atoms with Crippen LogP contribution in [-0.4, -0.2) is 53.3 Å². The molecule has 33 heavy (non-hydrogen) atoms. The summed E-state index contributed by atoms with van der Waals surface area (Å²) in [7, 11) is 1.10. The Kier molecular flexibility index (Phi) is 9.30. The van der Waals surface area contributed by atoms with Crippen LogP contribution in [0.5, 0.6) is 0 Å². The number of hydrogen-bond acceptors (Lipinski definition) is 8. The second kappa shape index (κ2) is 12.2. The molecule has 0 saturated heterocycles. The summed E-state index contributed by atoms with van der Waals surface area (Å²) < 4.78 is 9.76. The Labute approximate surface area is 189 Å². The van der Waals surface area contributed by atoms with Crippen LogP contribution in [0, 0.1) is 10.1 Å². The van der Waals surface area contributed by atoms with E-state index in [4.69, 9.17) is 9.47 Å². The first-order chi connectivity index (χ1) is 15.7. The molecular weight excluding hydrogens is 434 g/mol. The summed E-state index contributed by atoms with van der Waals surface area (Å²) in [6.45, 7) is 1.22. The van der Waals surface area contributed by atoms with E-state index in [1.165, 1.54) is 25.1 Å². The van der Waals surface area contributed by atoms with Crippen molar-refractivity contribution in [3.05, 3.63) is 75.8 Å². The van der Waals surface area contributed by atoms with Gasteiger partial charge in [-0.25, -0.2) is 9.59 Å². The number of aliphatic hydroxyl groups excluding tert-OH is 1. The minimum atomic E-state index is -1.45. The maximum absolute atomic E-state index is 12.8. The number of nitro groups is 1. The van der Waals surface area contributed by atoms with Crippen LogP contribution in [0.15, 0.2) is 54.6 Å². The molecule has 0 saturated carbocycles. The van der Waals surface area contributed by atoms with E-state index in [2.05, 4.69) is 10.6 Å². The summed E-state index contributed by atoms with van der Waals surface area (Å²) in [5.41, 5.74) is 0.693. The average Bonchev–Trinajstić information content (AvgIpc) is 2.80. The highest BCUT2D eigenvalue weighted by Crippen LogP contribution is 2.19. The van der Waals surface area contributed by atoms with Crippen molar-refractivity contribution in [3.8, 4) is 0 Å². The molecule has 0 fully saturated rings. The minimum absolute atomic E-state index is 0.0523. The van der Waals surface area contributed by atoms with E-state index in [1.54, 1.807) is 36.4 Å². The Morgan fingerprint density at radius 3 is 2.30 bits per heavy atom. The lowest BCUT2D eigenvalue weighted by Crippen LogP contribution is -2.56. The number of nitrogens with one attached hydrogen (secondary N) is 2. The second-order valence-corrected chi connectivity index (χ2v) is 7.10. The van der Waals surface area contributed by atoms with Crippen LogP contribution in [0.25, 0.3) is 0 Å². The number of nitrogens with zero attached hydrogens (tertiary/aromatic N) is 1. The van der Waals surface area contributed by atoms with Gasteiger partial charge in [-0.3, -0.25) is 14.9 Å². The largest absolute Gasteiger partial charge is 0.467 e. The van der Waals surface area contributed by atoms with Gasteiger partial charge in [-0.2, -0.15) is 0 Å². The molecule has 0 aliphatic rings. The number of alkyl carbamates (subject to hydrolysis) is 1. The number of ether oxygens (including phenoxy) is 2. The maximum atomic E-state index is 12.8. The summed E-state index contributed by atoms with van der Waals surface area (Å²) in [5.74, 6) is -1.74. The van der Waals surface area contributed by atoms with Crippen LogP contribution in [0.1, 0.15) is 18.1 Å². The molecule has 0 aromatic heterocycles. The summed E-state index contributed by atoms with van der Waals surface area (Å²) in [4.78, 5) is 47.8.